The number of nitrogens with zero attached hydrogens (tertiary/aromatic N) is 1. The zero-order valence-electron chi connectivity index (χ0n) is 16.1. The third-order valence-corrected chi connectivity index (χ3v) is 5.61. The first-order valence-corrected chi connectivity index (χ1v) is 10.5. The molecule has 6 heteroatoms. The second-order valence-electron chi connectivity index (χ2n) is 5.57. The average molecular weight is 568 g/mol. The fraction of sp³-hybridized carbons (Fsp3) is 0.524. The molecule has 160 valence electrons. The quantitative estimate of drug-likeness (QED) is 0.290. The molecular weight excluding hydrogens is 535 g/mol. The van der Waals surface area contributed by atoms with Crippen LogP contribution in [0.5, 0.6) is 0 Å². The molecule has 0 fully saturated rings. The van der Waals surface area contributed by atoms with E-state index in [1.807, 2.05) is 45.0 Å². The van der Waals surface area contributed by atoms with Gasteiger partial charge in [0.1, 0.15) is 0 Å². The summed E-state index contributed by atoms with van der Waals surface area (Å²) < 4.78 is 6.29. The van der Waals surface area contributed by atoms with Crippen molar-refractivity contribution in [2.75, 3.05) is 6.61 Å². The van der Waals surface area contributed by atoms with Crippen molar-refractivity contribution < 1.29 is 56.5 Å². The van der Waals surface area contributed by atoms with Crippen LogP contribution in [0.2, 0.25) is 0 Å². The van der Waals surface area contributed by atoms with Crippen LogP contribution in [-0.4, -0.2) is 12.6 Å². The minimum Gasteiger partial charge on any atom is -0.465 e. The summed E-state index contributed by atoms with van der Waals surface area (Å²) in [7, 11) is 0. The Kier molecular flexibility index (Phi) is 18.4. The van der Waals surface area contributed by atoms with E-state index in [2.05, 4.69) is 24.2 Å². The number of hydrogen-bond acceptors (Lipinski definition) is 5. The molecule has 1 heterocycles. The first-order valence-electron chi connectivity index (χ1n) is 8.85. The molecule has 0 aliphatic carbocycles. The van der Waals surface area contributed by atoms with Crippen molar-refractivity contribution in [1.29, 1.82) is 0 Å². The van der Waals surface area contributed by atoms with Crippen LogP contribution >= 0.6 is 22.7 Å². The number of esters is 1. The molecule has 3 nitrogen and oxygen atoms in total. The average Bonchev–Trinajstić information content (AvgIpc) is 3.03. The summed E-state index contributed by atoms with van der Waals surface area (Å²) in [5, 5.41) is 3.17. The van der Waals surface area contributed by atoms with Gasteiger partial charge in [0.15, 0.2) is 0 Å². The molecule has 1 atom stereocenters. The molecule has 0 N–H and O–H groups in total. The Morgan fingerprint density at radius 1 is 1.30 bits per heavy atom. The number of benzene rings is 1. The number of rotatable bonds is 7. The predicted octanol–water partition coefficient (Wildman–Crippen LogP) is 6.33. The maximum absolute atomic E-state index is 12.0. The van der Waals surface area contributed by atoms with Crippen LogP contribution in [-0.2, 0) is 16.0 Å². The SMILES string of the molecule is C.CC.CCC(C)CCOC(=O)Cc1ccccc1N=c1s[c-]c(C)s1.[Yb]. The maximum atomic E-state index is 12.0. The summed E-state index contributed by atoms with van der Waals surface area (Å²) in [6.45, 7) is 10.8. The van der Waals surface area contributed by atoms with Gasteiger partial charge in [-0.05, 0) is 30.9 Å². The number of para-hydroxylation sites is 1. The minimum absolute atomic E-state index is 0. The van der Waals surface area contributed by atoms with Gasteiger partial charge in [-0.2, -0.15) is 5.38 Å². The van der Waals surface area contributed by atoms with Crippen molar-refractivity contribution in [1.82, 2.24) is 0 Å². The molecule has 2 aromatic rings. The first kappa shape index (κ1) is 29.3. The van der Waals surface area contributed by atoms with E-state index in [0.29, 0.717) is 12.5 Å². The number of hydrogen-bond donors (Lipinski definition) is 0. The zero-order valence-corrected chi connectivity index (χ0v) is 19.4. The van der Waals surface area contributed by atoms with Gasteiger partial charge in [0, 0.05) is 56.6 Å². The summed E-state index contributed by atoms with van der Waals surface area (Å²) in [5.41, 5.74) is 1.73. The van der Waals surface area contributed by atoms with E-state index in [0.717, 1.165) is 33.0 Å². The molecule has 0 radical (unpaired) electrons. The van der Waals surface area contributed by atoms with Gasteiger partial charge in [0.2, 0.25) is 0 Å². The zero-order chi connectivity index (χ0) is 18.7. The van der Waals surface area contributed by atoms with Crippen molar-refractivity contribution >= 4 is 34.3 Å². The van der Waals surface area contributed by atoms with Crippen molar-refractivity contribution in [2.45, 2.75) is 61.3 Å². The monoisotopic (exact) mass is 568 g/mol. The Hall–Kier alpha value is 0.0595. The van der Waals surface area contributed by atoms with Crippen LogP contribution in [0.3, 0.4) is 0 Å². The van der Waals surface area contributed by atoms with Crippen LogP contribution in [0.15, 0.2) is 29.3 Å². The summed E-state index contributed by atoms with van der Waals surface area (Å²) in [6.07, 6.45) is 2.29. The molecule has 27 heavy (non-hydrogen) atoms. The standard InChI is InChI=1S/C18H22NO2S2.C2H6.CH4.Yb/c1-4-13(2)9-10-21-17(20)11-15-7-5-6-8-16(15)19-18-22-12-14(3)23-18;1-2;;/h5-8,13H,4,9-11H2,1-3H3;1-2H3;1H4;/q-1;;;. The summed E-state index contributed by atoms with van der Waals surface area (Å²) in [6, 6.07) is 7.73. The Bertz CT molecular complexity index is 710. The second-order valence-corrected chi connectivity index (χ2v) is 7.82. The number of carbonyl (C=O) groups is 1. The Labute approximate surface area is 211 Å². The van der Waals surface area contributed by atoms with Crippen molar-refractivity contribution in [2.24, 2.45) is 10.9 Å². The fourth-order valence-corrected chi connectivity index (χ4v) is 3.73. The summed E-state index contributed by atoms with van der Waals surface area (Å²) >= 11 is 3.11. The molecule has 1 unspecified atom stereocenters. The molecule has 0 bridgehead atoms. The Balaban J connectivity index is 0. The fourth-order valence-electron chi connectivity index (χ4n) is 1.99. The smallest absolute Gasteiger partial charge is 0.310 e. The number of ether oxygens (including phenoxy) is 1. The van der Waals surface area contributed by atoms with Gasteiger partial charge >= 0.3 is 5.97 Å². The second kappa shape index (κ2) is 17.0. The van der Waals surface area contributed by atoms with E-state index in [4.69, 9.17) is 4.74 Å². The molecular formula is C21H32NO2S2Yb-. The van der Waals surface area contributed by atoms with Crippen molar-refractivity contribution in [3.8, 4) is 0 Å². The minimum atomic E-state index is -0.187. The van der Waals surface area contributed by atoms with Gasteiger partial charge in [-0.3, -0.25) is 4.79 Å². The van der Waals surface area contributed by atoms with Crippen LogP contribution in [0.4, 0.5) is 5.69 Å². The first-order chi connectivity index (χ1) is 12.1. The van der Waals surface area contributed by atoms with Crippen LogP contribution in [0.1, 0.15) is 58.4 Å². The Morgan fingerprint density at radius 3 is 2.56 bits per heavy atom. The number of aryl methyl sites for hydroxylation is 1. The molecule has 0 saturated heterocycles. The van der Waals surface area contributed by atoms with Crippen LogP contribution < -0.4 is 3.98 Å². The predicted molar refractivity (Wildman–Crippen MR) is 114 cm³/mol. The van der Waals surface area contributed by atoms with E-state index in [-0.39, 0.29) is 66.7 Å². The molecule has 2 rings (SSSR count). The molecule has 0 aliphatic rings. The van der Waals surface area contributed by atoms with Crippen molar-refractivity contribution in [3.05, 3.63) is 44.1 Å². The van der Waals surface area contributed by atoms with Crippen molar-refractivity contribution in [3.63, 3.8) is 0 Å². The van der Waals surface area contributed by atoms with Crippen LogP contribution in [0, 0.1) is 65.1 Å². The molecule has 0 spiro atoms. The van der Waals surface area contributed by atoms with E-state index in [1.165, 1.54) is 11.3 Å². The normalized spacial score (nSPS) is 11.4. The van der Waals surface area contributed by atoms with E-state index < -0.39 is 0 Å². The van der Waals surface area contributed by atoms with Gasteiger partial charge in [0.05, 0.1) is 13.0 Å². The van der Waals surface area contributed by atoms with Gasteiger partial charge in [-0.1, -0.05) is 64.6 Å². The summed E-state index contributed by atoms with van der Waals surface area (Å²) in [4.78, 5) is 17.8. The molecule has 0 amide bonds. The van der Waals surface area contributed by atoms with Gasteiger partial charge in [-0.25, -0.2) is 11.3 Å². The van der Waals surface area contributed by atoms with Gasteiger partial charge in [-0.15, -0.1) is 0 Å². The molecule has 1 aromatic carbocycles. The summed E-state index contributed by atoms with van der Waals surface area (Å²) in [5.74, 6) is 0.401. The topological polar surface area (TPSA) is 38.7 Å². The Morgan fingerprint density at radius 2 is 1.96 bits per heavy atom. The molecule has 0 saturated carbocycles. The van der Waals surface area contributed by atoms with Gasteiger partial charge in [0.25, 0.3) is 0 Å². The maximum Gasteiger partial charge on any atom is 0.310 e. The van der Waals surface area contributed by atoms with E-state index >= 15 is 0 Å². The number of carbonyl (C=O) groups excluding carboxylic acids is 1. The van der Waals surface area contributed by atoms with Crippen LogP contribution in [0.25, 0.3) is 0 Å². The molecule has 1 aromatic heterocycles. The largest absolute Gasteiger partial charge is 0.465 e. The third kappa shape index (κ3) is 11.6. The molecule has 0 aliphatic heterocycles. The van der Waals surface area contributed by atoms with E-state index in [9.17, 15) is 4.79 Å². The van der Waals surface area contributed by atoms with E-state index in [1.54, 1.807) is 11.3 Å². The van der Waals surface area contributed by atoms with Gasteiger partial charge < -0.3 is 21.1 Å². The third-order valence-electron chi connectivity index (χ3n) is 3.63.